The summed E-state index contributed by atoms with van der Waals surface area (Å²) in [6.45, 7) is 6.90. The Bertz CT molecular complexity index is 746. The van der Waals surface area contributed by atoms with Crippen LogP contribution in [0.1, 0.15) is 48.9 Å². The van der Waals surface area contributed by atoms with Crippen LogP contribution in [0.4, 0.5) is 0 Å². The van der Waals surface area contributed by atoms with E-state index in [4.69, 9.17) is 0 Å². The molecule has 6 nitrogen and oxygen atoms in total. The Kier molecular flexibility index (Phi) is 6.82. The summed E-state index contributed by atoms with van der Waals surface area (Å²) in [7, 11) is -0.437. The Balaban J connectivity index is 2.08. The third-order valence-electron chi connectivity index (χ3n) is 5.20. The predicted molar refractivity (Wildman–Crippen MR) is 104 cm³/mol. The van der Waals surface area contributed by atoms with E-state index in [0.29, 0.717) is 19.4 Å². The molecule has 0 aliphatic carbocycles. The Morgan fingerprint density at radius 3 is 2.58 bits per heavy atom. The maximum atomic E-state index is 12.8. The van der Waals surface area contributed by atoms with Gasteiger partial charge in [-0.2, -0.15) is 17.0 Å². The first kappa shape index (κ1) is 20.9. The largest absolute Gasteiger partial charge is 0.349 e. The quantitative estimate of drug-likeness (QED) is 0.823. The van der Waals surface area contributed by atoms with Crippen LogP contribution in [-0.2, 0) is 15.0 Å². The highest BCUT2D eigenvalue weighted by Crippen LogP contribution is 2.24. The maximum absolute atomic E-state index is 12.8. The third-order valence-corrected chi connectivity index (χ3v) is 7.11. The highest BCUT2D eigenvalue weighted by molar-refractivity contribution is 7.86. The summed E-state index contributed by atoms with van der Waals surface area (Å²) in [6, 6.07) is 6.20. The van der Waals surface area contributed by atoms with Crippen LogP contribution < -0.4 is 5.32 Å². The summed E-state index contributed by atoms with van der Waals surface area (Å²) < 4.78 is 27.3. The van der Waals surface area contributed by atoms with Gasteiger partial charge in [-0.15, -0.1) is 0 Å². The lowest BCUT2D eigenvalue weighted by molar-refractivity contribution is -0.126. The van der Waals surface area contributed by atoms with Gasteiger partial charge < -0.3 is 5.32 Å². The molecule has 2 rings (SSSR count). The molecule has 7 heteroatoms. The first-order chi connectivity index (χ1) is 12.2. The molecular weight excluding hydrogens is 350 g/mol. The minimum Gasteiger partial charge on any atom is -0.349 e. The first-order valence-corrected chi connectivity index (χ1v) is 10.6. The van der Waals surface area contributed by atoms with Crippen LogP contribution in [0.25, 0.3) is 0 Å². The van der Waals surface area contributed by atoms with E-state index in [0.717, 1.165) is 12.0 Å². The number of hydrogen-bond donors (Lipinski definition) is 1. The zero-order valence-electron chi connectivity index (χ0n) is 16.4. The number of nitrogens with one attached hydrogen (secondary N) is 1. The third kappa shape index (κ3) is 4.64. The second-order valence-corrected chi connectivity index (χ2v) is 9.44. The van der Waals surface area contributed by atoms with Crippen molar-refractivity contribution in [2.75, 3.05) is 27.2 Å². The highest BCUT2D eigenvalue weighted by Gasteiger charge is 2.34. The average Bonchev–Trinajstić information content (AvgIpc) is 2.61. The molecule has 1 N–H and O–H groups in total. The van der Waals surface area contributed by atoms with Crippen LogP contribution >= 0.6 is 0 Å². The smallest absolute Gasteiger partial charge is 0.281 e. The number of rotatable bonds is 6. The lowest BCUT2D eigenvalue weighted by Crippen LogP contribution is -2.49. The molecule has 0 radical (unpaired) electrons. The van der Waals surface area contributed by atoms with E-state index in [1.807, 2.05) is 6.92 Å². The van der Waals surface area contributed by atoms with Gasteiger partial charge in [0, 0.05) is 27.2 Å². The van der Waals surface area contributed by atoms with Gasteiger partial charge in [0.1, 0.15) is 0 Å². The van der Waals surface area contributed by atoms with Crippen molar-refractivity contribution in [1.82, 2.24) is 13.9 Å². The normalized spacial score (nSPS) is 20.2. The van der Waals surface area contributed by atoms with E-state index in [9.17, 15) is 13.2 Å². The van der Waals surface area contributed by atoms with Gasteiger partial charge in [0.25, 0.3) is 10.2 Å². The molecule has 1 aliphatic heterocycles. The highest BCUT2D eigenvalue weighted by atomic mass is 32.2. The fourth-order valence-electron chi connectivity index (χ4n) is 3.29. The predicted octanol–water partition coefficient (Wildman–Crippen LogP) is 2.39. The Morgan fingerprint density at radius 1 is 1.31 bits per heavy atom. The molecule has 26 heavy (non-hydrogen) atoms. The van der Waals surface area contributed by atoms with Gasteiger partial charge in [-0.3, -0.25) is 4.79 Å². The standard InChI is InChI=1S/C19H31N3O3S/c1-6-18(16-10-9-14(2)15(3)12-16)20-19(23)17-8-7-11-22(13-17)26(24,25)21(4)5/h9-10,12,17-18H,6-8,11,13H2,1-5H3,(H,20,23)/t17-,18+/m0/s1. The van der Waals surface area contributed by atoms with Gasteiger partial charge in [0.15, 0.2) is 0 Å². The minimum absolute atomic E-state index is 0.0531. The van der Waals surface area contributed by atoms with Crippen molar-refractivity contribution in [1.29, 1.82) is 0 Å². The molecule has 1 aromatic rings. The molecule has 0 unspecified atom stereocenters. The van der Waals surface area contributed by atoms with E-state index in [1.54, 1.807) is 0 Å². The van der Waals surface area contributed by atoms with Crippen LogP contribution in [-0.4, -0.2) is 50.1 Å². The zero-order valence-corrected chi connectivity index (χ0v) is 17.3. The van der Waals surface area contributed by atoms with E-state index in [1.165, 1.54) is 33.8 Å². The zero-order chi connectivity index (χ0) is 19.5. The van der Waals surface area contributed by atoms with Crippen LogP contribution in [0.15, 0.2) is 18.2 Å². The second-order valence-electron chi connectivity index (χ2n) is 7.30. The van der Waals surface area contributed by atoms with Crippen molar-refractivity contribution in [3.05, 3.63) is 34.9 Å². The Hall–Kier alpha value is -1.44. The maximum Gasteiger partial charge on any atom is 0.281 e. The molecule has 0 spiro atoms. The monoisotopic (exact) mass is 381 g/mol. The molecule has 1 aliphatic rings. The summed E-state index contributed by atoms with van der Waals surface area (Å²) in [5.41, 5.74) is 3.53. The average molecular weight is 382 g/mol. The van der Waals surface area contributed by atoms with E-state index < -0.39 is 10.2 Å². The Labute approximate surface area is 157 Å². The van der Waals surface area contributed by atoms with Gasteiger partial charge in [0.05, 0.1) is 12.0 Å². The topological polar surface area (TPSA) is 69.7 Å². The number of hydrogen-bond acceptors (Lipinski definition) is 3. The molecule has 1 heterocycles. The van der Waals surface area contributed by atoms with Crippen molar-refractivity contribution in [3.63, 3.8) is 0 Å². The summed E-state index contributed by atoms with van der Waals surface area (Å²) in [5, 5.41) is 3.13. The number of nitrogens with zero attached hydrogens (tertiary/aromatic N) is 2. The molecule has 0 saturated carbocycles. The summed E-state index contributed by atoms with van der Waals surface area (Å²) >= 11 is 0. The molecule has 1 saturated heterocycles. The molecule has 1 amide bonds. The molecule has 0 bridgehead atoms. The fraction of sp³-hybridized carbons (Fsp3) is 0.632. The van der Waals surface area contributed by atoms with Crippen molar-refractivity contribution >= 4 is 16.1 Å². The van der Waals surface area contributed by atoms with Crippen LogP contribution in [0, 0.1) is 19.8 Å². The number of benzene rings is 1. The van der Waals surface area contributed by atoms with Crippen molar-refractivity contribution in [3.8, 4) is 0 Å². The molecular formula is C19H31N3O3S. The summed E-state index contributed by atoms with van der Waals surface area (Å²) in [5.74, 6) is -0.368. The lowest BCUT2D eigenvalue weighted by atomic mass is 9.96. The molecule has 146 valence electrons. The van der Waals surface area contributed by atoms with Crippen molar-refractivity contribution < 1.29 is 13.2 Å². The number of aryl methyl sites for hydroxylation is 2. The number of amides is 1. The van der Waals surface area contributed by atoms with Gasteiger partial charge in [-0.05, 0) is 49.8 Å². The number of carbonyl (C=O) groups excluding carboxylic acids is 1. The van der Waals surface area contributed by atoms with Crippen LogP contribution in [0.5, 0.6) is 0 Å². The Morgan fingerprint density at radius 2 is 2.00 bits per heavy atom. The van der Waals surface area contributed by atoms with Gasteiger partial charge in [-0.1, -0.05) is 25.1 Å². The fourth-order valence-corrected chi connectivity index (χ4v) is 4.48. The molecule has 0 aromatic heterocycles. The van der Waals surface area contributed by atoms with Gasteiger partial charge in [0.2, 0.25) is 5.91 Å². The van der Waals surface area contributed by atoms with E-state index in [-0.39, 0.29) is 24.4 Å². The second kappa shape index (κ2) is 8.50. The molecule has 1 aromatic carbocycles. The lowest BCUT2D eigenvalue weighted by Gasteiger charge is -2.33. The van der Waals surface area contributed by atoms with Crippen molar-refractivity contribution in [2.45, 2.75) is 46.1 Å². The van der Waals surface area contributed by atoms with Crippen molar-refractivity contribution in [2.24, 2.45) is 5.92 Å². The first-order valence-electron chi connectivity index (χ1n) is 9.22. The number of piperidine rings is 1. The SMILES string of the molecule is CC[C@@H](NC(=O)[C@H]1CCCN(S(=O)(=O)N(C)C)C1)c1ccc(C)c(C)c1. The number of carbonyl (C=O) groups is 1. The van der Waals surface area contributed by atoms with E-state index >= 15 is 0 Å². The van der Waals surface area contributed by atoms with Gasteiger partial charge >= 0.3 is 0 Å². The van der Waals surface area contributed by atoms with E-state index in [2.05, 4.69) is 37.4 Å². The summed E-state index contributed by atoms with van der Waals surface area (Å²) in [4.78, 5) is 12.8. The van der Waals surface area contributed by atoms with Gasteiger partial charge in [-0.25, -0.2) is 0 Å². The molecule has 1 fully saturated rings. The summed E-state index contributed by atoms with van der Waals surface area (Å²) in [6.07, 6.45) is 2.21. The minimum atomic E-state index is -3.48. The molecule has 2 atom stereocenters. The van der Waals surface area contributed by atoms with Crippen LogP contribution in [0.2, 0.25) is 0 Å². The van der Waals surface area contributed by atoms with Crippen LogP contribution in [0.3, 0.4) is 0 Å².